The van der Waals surface area contributed by atoms with E-state index in [4.69, 9.17) is 0 Å². The van der Waals surface area contributed by atoms with Crippen molar-refractivity contribution in [1.82, 2.24) is 10.6 Å². The zero-order valence-electron chi connectivity index (χ0n) is 9.30. The van der Waals surface area contributed by atoms with Crippen LogP contribution in [0.25, 0.3) is 0 Å². The maximum Gasteiger partial charge on any atom is 0.328 e. The van der Waals surface area contributed by atoms with E-state index in [1.165, 1.54) is 0 Å². The molecule has 2 rings (SSSR count). The average Bonchev–Trinajstić information content (AvgIpc) is 2.35. The minimum absolute atomic E-state index is 0.317. The minimum atomic E-state index is -1.67. The number of amides is 4. The minimum Gasteiger partial charge on any atom is -0.303 e. The lowest BCUT2D eigenvalue weighted by atomic mass is 9.75. The highest BCUT2D eigenvalue weighted by atomic mass is 16.2. The summed E-state index contributed by atoms with van der Waals surface area (Å²) in [4.78, 5) is 45.8. The Balaban J connectivity index is 2.56. The lowest BCUT2D eigenvalue weighted by Crippen LogP contribution is -2.64. The topological polar surface area (TPSA) is 92.3 Å². The number of hydrogen-bond acceptors (Lipinski definition) is 4. The van der Waals surface area contributed by atoms with Crippen LogP contribution in [0, 0.1) is 0 Å². The third kappa shape index (κ3) is 1.67. The van der Waals surface area contributed by atoms with Gasteiger partial charge in [-0.2, -0.15) is 0 Å². The Morgan fingerprint density at radius 1 is 1.00 bits per heavy atom. The molecular weight excluding hydrogens is 236 g/mol. The molecule has 1 aliphatic rings. The molecule has 0 aromatic heterocycles. The molecule has 1 aromatic rings. The molecule has 0 atom stereocenters. The van der Waals surface area contributed by atoms with E-state index in [9.17, 15) is 19.2 Å². The van der Waals surface area contributed by atoms with E-state index < -0.39 is 23.3 Å². The Hall–Kier alpha value is -2.50. The van der Waals surface area contributed by atoms with Crippen molar-refractivity contribution in [2.45, 2.75) is 11.8 Å². The summed E-state index contributed by atoms with van der Waals surface area (Å²) < 4.78 is 0. The van der Waals surface area contributed by atoms with Crippen molar-refractivity contribution in [3.8, 4) is 0 Å². The molecule has 6 heteroatoms. The van der Waals surface area contributed by atoms with Crippen LogP contribution in [0.5, 0.6) is 0 Å². The Morgan fingerprint density at radius 2 is 1.56 bits per heavy atom. The van der Waals surface area contributed by atoms with Gasteiger partial charge >= 0.3 is 6.03 Å². The van der Waals surface area contributed by atoms with Crippen LogP contribution in [-0.2, 0) is 19.8 Å². The van der Waals surface area contributed by atoms with Crippen LogP contribution in [-0.4, -0.2) is 24.1 Å². The number of imide groups is 2. The fourth-order valence-electron chi connectivity index (χ4n) is 1.97. The molecule has 0 unspecified atom stereocenters. The number of benzene rings is 1. The first-order valence-electron chi connectivity index (χ1n) is 5.27. The standard InChI is InChI=1S/C12H10N2O4/c15-7-6-12(8-4-2-1-3-5-8)9(16)13-11(18)14-10(12)17/h1-5,7H,6H2,(H2,13,14,16,17,18). The monoisotopic (exact) mass is 246 g/mol. The van der Waals surface area contributed by atoms with E-state index in [1.54, 1.807) is 30.3 Å². The van der Waals surface area contributed by atoms with Gasteiger partial charge in [-0.1, -0.05) is 30.3 Å². The number of urea groups is 1. The van der Waals surface area contributed by atoms with E-state index in [-0.39, 0.29) is 6.42 Å². The molecule has 18 heavy (non-hydrogen) atoms. The first-order valence-corrected chi connectivity index (χ1v) is 5.27. The number of aldehydes is 1. The van der Waals surface area contributed by atoms with Crippen molar-refractivity contribution in [3.63, 3.8) is 0 Å². The number of carbonyl (C=O) groups excluding carboxylic acids is 4. The fraction of sp³-hybridized carbons (Fsp3) is 0.167. The molecule has 1 fully saturated rings. The number of carbonyl (C=O) groups is 4. The van der Waals surface area contributed by atoms with Crippen molar-refractivity contribution in [2.24, 2.45) is 0 Å². The fourth-order valence-corrected chi connectivity index (χ4v) is 1.97. The molecular formula is C12H10N2O4. The quantitative estimate of drug-likeness (QED) is 0.574. The summed E-state index contributed by atoms with van der Waals surface area (Å²) in [5.41, 5.74) is -1.30. The third-order valence-corrected chi connectivity index (χ3v) is 2.89. The van der Waals surface area contributed by atoms with E-state index in [0.717, 1.165) is 0 Å². The summed E-state index contributed by atoms with van der Waals surface area (Å²) in [7, 11) is 0. The van der Waals surface area contributed by atoms with E-state index >= 15 is 0 Å². The van der Waals surface area contributed by atoms with E-state index in [2.05, 4.69) is 0 Å². The molecule has 1 heterocycles. The maximum atomic E-state index is 12.0. The Bertz CT molecular complexity index is 504. The molecule has 0 spiro atoms. The lowest BCUT2D eigenvalue weighted by Gasteiger charge is -2.32. The summed E-state index contributed by atoms with van der Waals surface area (Å²) in [5.74, 6) is -1.57. The SMILES string of the molecule is O=CCC1(c2ccccc2)C(=O)NC(=O)NC1=O. The van der Waals surface area contributed by atoms with Gasteiger partial charge in [0.15, 0.2) is 5.41 Å². The normalized spacial score (nSPS) is 17.9. The zero-order valence-corrected chi connectivity index (χ0v) is 9.30. The smallest absolute Gasteiger partial charge is 0.303 e. The Kier molecular flexibility index (Phi) is 2.93. The van der Waals surface area contributed by atoms with Gasteiger partial charge in [-0.3, -0.25) is 20.2 Å². The van der Waals surface area contributed by atoms with Crippen LogP contribution in [0.1, 0.15) is 12.0 Å². The number of nitrogens with one attached hydrogen (secondary N) is 2. The van der Waals surface area contributed by atoms with Crippen molar-refractivity contribution < 1.29 is 19.2 Å². The van der Waals surface area contributed by atoms with Crippen molar-refractivity contribution >= 4 is 24.1 Å². The van der Waals surface area contributed by atoms with Gasteiger partial charge in [-0.05, 0) is 5.56 Å². The Labute approximate surface area is 102 Å². The highest BCUT2D eigenvalue weighted by Gasteiger charge is 2.51. The molecule has 1 aromatic carbocycles. The largest absolute Gasteiger partial charge is 0.328 e. The summed E-state index contributed by atoms with van der Waals surface area (Å²) in [6, 6.07) is 7.29. The van der Waals surface area contributed by atoms with Crippen LogP contribution in [0.3, 0.4) is 0 Å². The van der Waals surface area contributed by atoms with Gasteiger partial charge in [0.2, 0.25) is 11.8 Å². The molecule has 1 saturated heterocycles. The highest BCUT2D eigenvalue weighted by Crippen LogP contribution is 2.29. The van der Waals surface area contributed by atoms with Gasteiger partial charge < -0.3 is 4.79 Å². The summed E-state index contributed by atoms with van der Waals surface area (Å²) >= 11 is 0. The molecule has 0 aliphatic carbocycles. The van der Waals surface area contributed by atoms with Gasteiger partial charge in [0.25, 0.3) is 0 Å². The first-order chi connectivity index (χ1) is 8.61. The molecule has 0 saturated carbocycles. The van der Waals surface area contributed by atoms with Crippen LogP contribution in [0.2, 0.25) is 0 Å². The van der Waals surface area contributed by atoms with Crippen molar-refractivity contribution in [3.05, 3.63) is 35.9 Å². The number of hydrogen-bond donors (Lipinski definition) is 2. The van der Waals surface area contributed by atoms with Gasteiger partial charge in [-0.25, -0.2) is 4.79 Å². The molecule has 92 valence electrons. The van der Waals surface area contributed by atoms with Crippen molar-refractivity contribution in [2.75, 3.05) is 0 Å². The zero-order chi connectivity index (χ0) is 13.2. The second-order valence-electron chi connectivity index (χ2n) is 3.88. The van der Waals surface area contributed by atoms with Crippen LogP contribution in [0.15, 0.2) is 30.3 Å². The molecule has 4 amide bonds. The van der Waals surface area contributed by atoms with Gasteiger partial charge in [0.05, 0.1) is 0 Å². The molecule has 6 nitrogen and oxygen atoms in total. The summed E-state index contributed by atoms with van der Waals surface area (Å²) in [5, 5.41) is 4.03. The molecule has 0 bridgehead atoms. The molecule has 2 N–H and O–H groups in total. The van der Waals surface area contributed by atoms with Crippen LogP contribution >= 0.6 is 0 Å². The third-order valence-electron chi connectivity index (χ3n) is 2.89. The van der Waals surface area contributed by atoms with E-state index in [0.29, 0.717) is 11.8 Å². The molecule has 0 radical (unpaired) electrons. The van der Waals surface area contributed by atoms with Gasteiger partial charge in [0, 0.05) is 6.42 Å². The summed E-state index contributed by atoms with van der Waals surface area (Å²) in [6.07, 6.45) is 0.171. The summed E-state index contributed by atoms with van der Waals surface area (Å²) in [6.45, 7) is 0. The van der Waals surface area contributed by atoms with Gasteiger partial charge in [-0.15, -0.1) is 0 Å². The lowest BCUT2D eigenvalue weighted by molar-refractivity contribution is -0.140. The number of barbiturate groups is 1. The van der Waals surface area contributed by atoms with Crippen molar-refractivity contribution in [1.29, 1.82) is 0 Å². The molecule has 1 aliphatic heterocycles. The second kappa shape index (κ2) is 4.40. The van der Waals surface area contributed by atoms with E-state index in [1.807, 2.05) is 10.6 Å². The Morgan fingerprint density at radius 3 is 2.06 bits per heavy atom. The predicted octanol–water partition coefficient (Wildman–Crippen LogP) is -0.121. The first kappa shape index (κ1) is 12.0. The van der Waals surface area contributed by atoms with Crippen LogP contribution in [0.4, 0.5) is 4.79 Å². The average molecular weight is 246 g/mol. The van der Waals surface area contributed by atoms with Crippen LogP contribution < -0.4 is 10.6 Å². The number of rotatable bonds is 3. The maximum absolute atomic E-state index is 12.0. The highest BCUT2D eigenvalue weighted by molar-refractivity contribution is 6.23. The second-order valence-corrected chi connectivity index (χ2v) is 3.88. The van der Waals surface area contributed by atoms with Gasteiger partial charge in [0.1, 0.15) is 6.29 Å². The predicted molar refractivity (Wildman–Crippen MR) is 60.5 cm³/mol.